The monoisotopic (exact) mass is 379 g/mol. The molecule has 0 atom stereocenters. The van der Waals surface area contributed by atoms with Gasteiger partial charge in [-0.25, -0.2) is 17.9 Å². The summed E-state index contributed by atoms with van der Waals surface area (Å²) in [6, 6.07) is 4.17. The number of sulfonamides is 1. The van der Waals surface area contributed by atoms with Crippen LogP contribution in [-0.2, 0) is 10.0 Å². The molecular weight excluding hydrogens is 361 g/mol. The Hall–Kier alpha value is -0.660. The zero-order valence-corrected chi connectivity index (χ0v) is 14.1. The van der Waals surface area contributed by atoms with E-state index in [2.05, 4.69) is 15.9 Å². The maximum absolute atomic E-state index is 13.1. The first-order chi connectivity index (χ1) is 9.80. The van der Waals surface area contributed by atoms with Crippen LogP contribution in [0.25, 0.3) is 0 Å². The van der Waals surface area contributed by atoms with Crippen LogP contribution < -0.4 is 9.88 Å². The molecule has 1 aromatic carbocycles. The summed E-state index contributed by atoms with van der Waals surface area (Å²) in [6.45, 7) is 0.271. The largest absolute Gasteiger partial charge is 0.492 e. The molecule has 0 heterocycles. The zero-order valence-electron chi connectivity index (χ0n) is 11.6. The molecule has 0 aliphatic heterocycles. The second-order valence-electron chi connectivity index (χ2n) is 5.73. The van der Waals surface area contributed by atoms with Crippen LogP contribution in [0.3, 0.4) is 0 Å². The number of rotatable bonds is 5. The number of hydrogen-bond donors (Lipinski definition) is 1. The Morgan fingerprint density at radius 1 is 1.29 bits per heavy atom. The molecule has 0 spiro atoms. The topological polar surface area (TPSA) is 69.4 Å². The molecule has 0 saturated heterocycles. The standard InChI is InChI=1S/C14H19BrFNO3S/c15-12-8-11(16)4-5-13(12)20-9-14(10-21(17,18)19)6-2-1-3-7-14/h4-5,8H,1-3,6-7,9-10H2,(H2,17,18,19). The van der Waals surface area contributed by atoms with Gasteiger partial charge in [-0.15, -0.1) is 0 Å². The second-order valence-corrected chi connectivity index (χ2v) is 8.20. The minimum Gasteiger partial charge on any atom is -0.492 e. The minimum absolute atomic E-state index is 0.0706. The van der Waals surface area contributed by atoms with Crippen LogP contribution in [0.1, 0.15) is 32.1 Å². The molecule has 0 amide bonds. The maximum atomic E-state index is 13.1. The van der Waals surface area contributed by atoms with Gasteiger partial charge in [0.05, 0.1) is 16.8 Å². The van der Waals surface area contributed by atoms with E-state index in [9.17, 15) is 12.8 Å². The first-order valence-electron chi connectivity index (χ1n) is 6.88. The van der Waals surface area contributed by atoms with Crippen molar-refractivity contribution in [1.29, 1.82) is 0 Å². The van der Waals surface area contributed by atoms with E-state index in [1.807, 2.05) is 0 Å². The molecule has 0 radical (unpaired) electrons. The van der Waals surface area contributed by atoms with Crippen LogP contribution >= 0.6 is 15.9 Å². The molecule has 1 aromatic rings. The molecule has 118 valence electrons. The summed E-state index contributed by atoms with van der Waals surface area (Å²) in [7, 11) is -3.56. The predicted octanol–water partition coefficient (Wildman–Crippen LogP) is 3.21. The third-order valence-electron chi connectivity index (χ3n) is 3.85. The SMILES string of the molecule is NS(=O)(=O)CC1(COc2ccc(F)cc2Br)CCCCC1. The number of benzene rings is 1. The zero-order chi connectivity index (χ0) is 15.5. The summed E-state index contributed by atoms with van der Waals surface area (Å²) in [5.74, 6) is 0.0839. The van der Waals surface area contributed by atoms with Crippen molar-refractivity contribution in [1.82, 2.24) is 0 Å². The lowest BCUT2D eigenvalue weighted by Crippen LogP contribution is -2.40. The van der Waals surface area contributed by atoms with Crippen molar-refractivity contribution in [3.63, 3.8) is 0 Å². The lowest BCUT2D eigenvalue weighted by molar-refractivity contribution is 0.118. The Labute approximate surface area is 133 Å². The summed E-state index contributed by atoms with van der Waals surface area (Å²) in [5.41, 5.74) is -0.445. The summed E-state index contributed by atoms with van der Waals surface area (Å²) in [6.07, 6.45) is 4.62. The van der Waals surface area contributed by atoms with Crippen LogP contribution in [0, 0.1) is 11.2 Å². The van der Waals surface area contributed by atoms with Crippen molar-refractivity contribution in [2.45, 2.75) is 32.1 Å². The summed E-state index contributed by atoms with van der Waals surface area (Å²) in [4.78, 5) is 0. The van der Waals surface area contributed by atoms with Gasteiger partial charge >= 0.3 is 0 Å². The smallest absolute Gasteiger partial charge is 0.209 e. The van der Waals surface area contributed by atoms with Gasteiger partial charge in [0.15, 0.2) is 0 Å². The predicted molar refractivity (Wildman–Crippen MR) is 83.1 cm³/mol. The maximum Gasteiger partial charge on any atom is 0.209 e. The van der Waals surface area contributed by atoms with Crippen molar-refractivity contribution in [2.24, 2.45) is 10.6 Å². The van der Waals surface area contributed by atoms with Crippen molar-refractivity contribution in [2.75, 3.05) is 12.4 Å². The molecule has 2 rings (SSSR count). The average molecular weight is 380 g/mol. The van der Waals surface area contributed by atoms with Crippen molar-refractivity contribution >= 4 is 26.0 Å². The van der Waals surface area contributed by atoms with E-state index in [4.69, 9.17) is 9.88 Å². The van der Waals surface area contributed by atoms with E-state index < -0.39 is 15.4 Å². The van der Waals surface area contributed by atoms with E-state index in [0.717, 1.165) is 32.1 Å². The molecule has 0 bridgehead atoms. The van der Waals surface area contributed by atoms with Crippen molar-refractivity contribution in [3.05, 3.63) is 28.5 Å². The van der Waals surface area contributed by atoms with Gasteiger partial charge in [-0.3, -0.25) is 0 Å². The van der Waals surface area contributed by atoms with E-state index in [1.165, 1.54) is 18.2 Å². The fraction of sp³-hybridized carbons (Fsp3) is 0.571. The molecule has 1 aliphatic carbocycles. The molecule has 4 nitrogen and oxygen atoms in total. The fourth-order valence-corrected chi connectivity index (χ4v) is 4.57. The Morgan fingerprint density at radius 3 is 2.52 bits per heavy atom. The second kappa shape index (κ2) is 6.62. The van der Waals surface area contributed by atoms with Crippen LogP contribution in [0.5, 0.6) is 5.75 Å². The third-order valence-corrected chi connectivity index (χ3v) is 5.48. The fourth-order valence-electron chi connectivity index (χ4n) is 2.88. The molecule has 7 heteroatoms. The molecular formula is C14H19BrFNO3S. The normalized spacial score (nSPS) is 18.4. The average Bonchev–Trinajstić information content (AvgIpc) is 2.37. The number of primary sulfonamides is 1. The van der Waals surface area contributed by atoms with Crippen LogP contribution in [0.2, 0.25) is 0 Å². The van der Waals surface area contributed by atoms with Gasteiger partial charge in [0.25, 0.3) is 0 Å². The quantitative estimate of drug-likeness (QED) is 0.853. The summed E-state index contributed by atoms with van der Waals surface area (Å²) >= 11 is 3.24. The highest BCUT2D eigenvalue weighted by molar-refractivity contribution is 9.10. The lowest BCUT2D eigenvalue weighted by atomic mass is 9.76. The minimum atomic E-state index is -3.56. The number of halogens is 2. The highest BCUT2D eigenvalue weighted by Gasteiger charge is 2.36. The van der Waals surface area contributed by atoms with Crippen LogP contribution in [-0.4, -0.2) is 20.8 Å². The first kappa shape index (κ1) is 16.7. The molecule has 1 aliphatic rings. The highest BCUT2D eigenvalue weighted by atomic mass is 79.9. The Kier molecular flexibility index (Phi) is 5.27. The third kappa shape index (κ3) is 4.93. The molecule has 1 fully saturated rings. The van der Waals surface area contributed by atoms with Gasteiger partial charge in [-0.2, -0.15) is 0 Å². The van der Waals surface area contributed by atoms with E-state index in [-0.39, 0.29) is 18.2 Å². The Morgan fingerprint density at radius 2 is 1.95 bits per heavy atom. The Balaban J connectivity index is 2.12. The molecule has 2 N–H and O–H groups in total. The van der Waals surface area contributed by atoms with Gasteiger partial charge in [-0.05, 0) is 47.0 Å². The molecule has 0 unspecified atom stereocenters. The van der Waals surface area contributed by atoms with Crippen molar-refractivity contribution < 1.29 is 17.5 Å². The van der Waals surface area contributed by atoms with Gasteiger partial charge in [-0.1, -0.05) is 19.3 Å². The Bertz CT molecular complexity index is 600. The highest BCUT2D eigenvalue weighted by Crippen LogP contribution is 2.38. The van der Waals surface area contributed by atoms with Crippen LogP contribution in [0.15, 0.2) is 22.7 Å². The lowest BCUT2D eigenvalue weighted by Gasteiger charge is -2.36. The van der Waals surface area contributed by atoms with Crippen LogP contribution in [0.4, 0.5) is 4.39 Å². The van der Waals surface area contributed by atoms with Gasteiger partial charge in [0, 0.05) is 5.41 Å². The van der Waals surface area contributed by atoms with E-state index >= 15 is 0 Å². The number of nitrogens with two attached hydrogens (primary N) is 1. The summed E-state index contributed by atoms with van der Waals surface area (Å²) in [5, 5.41) is 5.23. The van der Waals surface area contributed by atoms with Gasteiger partial charge < -0.3 is 4.74 Å². The van der Waals surface area contributed by atoms with Gasteiger partial charge in [0.1, 0.15) is 11.6 Å². The molecule has 0 aromatic heterocycles. The van der Waals surface area contributed by atoms with Crippen molar-refractivity contribution in [3.8, 4) is 5.75 Å². The van der Waals surface area contributed by atoms with E-state index in [1.54, 1.807) is 0 Å². The molecule has 1 saturated carbocycles. The summed E-state index contributed by atoms with van der Waals surface area (Å²) < 4.78 is 42.3. The first-order valence-corrected chi connectivity index (χ1v) is 9.39. The number of hydrogen-bond acceptors (Lipinski definition) is 3. The van der Waals surface area contributed by atoms with E-state index in [0.29, 0.717) is 10.2 Å². The number of ether oxygens (including phenoxy) is 1. The molecule has 21 heavy (non-hydrogen) atoms. The van der Waals surface area contributed by atoms with Gasteiger partial charge in [0.2, 0.25) is 10.0 Å².